The Morgan fingerprint density at radius 1 is 1.19 bits per heavy atom. The van der Waals surface area contributed by atoms with Crippen molar-refractivity contribution >= 4 is 11.9 Å². The van der Waals surface area contributed by atoms with Crippen LogP contribution in [-0.4, -0.2) is 28.6 Å². The average Bonchev–Trinajstić information content (AvgIpc) is 3.35. The SMILES string of the molecule is Cc1ccc(CNC(=O)COC(=O)CCc2nc(-c3ccco3)no2)cc1. The maximum absolute atomic E-state index is 11.8. The Morgan fingerprint density at radius 2 is 2.00 bits per heavy atom. The molecule has 8 heteroatoms. The molecule has 0 aliphatic rings. The first-order valence-corrected chi connectivity index (χ1v) is 8.44. The zero-order chi connectivity index (χ0) is 19.1. The first-order chi connectivity index (χ1) is 13.1. The molecule has 0 atom stereocenters. The minimum Gasteiger partial charge on any atom is -0.461 e. The van der Waals surface area contributed by atoms with Crippen molar-refractivity contribution in [2.75, 3.05) is 6.61 Å². The Kier molecular flexibility index (Phi) is 5.98. The van der Waals surface area contributed by atoms with E-state index in [1.807, 2.05) is 31.2 Å². The van der Waals surface area contributed by atoms with E-state index in [9.17, 15) is 9.59 Å². The summed E-state index contributed by atoms with van der Waals surface area (Å²) in [4.78, 5) is 27.6. The minimum absolute atomic E-state index is 0.0328. The van der Waals surface area contributed by atoms with Crippen LogP contribution in [0.4, 0.5) is 0 Å². The summed E-state index contributed by atoms with van der Waals surface area (Å²) >= 11 is 0. The second-order valence-electron chi connectivity index (χ2n) is 5.91. The lowest BCUT2D eigenvalue weighted by atomic mass is 10.1. The van der Waals surface area contributed by atoms with Crippen LogP contribution >= 0.6 is 0 Å². The normalized spacial score (nSPS) is 10.6. The van der Waals surface area contributed by atoms with E-state index in [0.29, 0.717) is 24.0 Å². The maximum atomic E-state index is 11.8. The summed E-state index contributed by atoms with van der Waals surface area (Å²) in [7, 11) is 0. The van der Waals surface area contributed by atoms with Crippen molar-refractivity contribution < 1.29 is 23.3 Å². The van der Waals surface area contributed by atoms with Crippen LogP contribution in [-0.2, 0) is 27.3 Å². The van der Waals surface area contributed by atoms with Gasteiger partial charge in [-0.05, 0) is 24.6 Å². The Bertz CT molecular complexity index is 884. The fourth-order valence-electron chi connectivity index (χ4n) is 2.25. The van der Waals surface area contributed by atoms with Gasteiger partial charge >= 0.3 is 5.97 Å². The quantitative estimate of drug-likeness (QED) is 0.608. The van der Waals surface area contributed by atoms with E-state index in [2.05, 4.69) is 15.5 Å². The van der Waals surface area contributed by atoms with Crippen LogP contribution < -0.4 is 5.32 Å². The van der Waals surface area contributed by atoms with Gasteiger partial charge in [0.05, 0.1) is 12.7 Å². The Hall–Kier alpha value is -3.42. The number of amides is 1. The highest BCUT2D eigenvalue weighted by atomic mass is 16.5. The minimum atomic E-state index is -0.516. The molecule has 1 amide bonds. The number of aryl methyl sites for hydroxylation is 2. The van der Waals surface area contributed by atoms with Crippen LogP contribution in [0.2, 0.25) is 0 Å². The number of hydrogen-bond acceptors (Lipinski definition) is 7. The highest BCUT2D eigenvalue weighted by molar-refractivity contribution is 5.80. The molecule has 3 aromatic rings. The summed E-state index contributed by atoms with van der Waals surface area (Å²) in [5, 5.41) is 6.47. The summed E-state index contributed by atoms with van der Waals surface area (Å²) in [5.41, 5.74) is 2.13. The van der Waals surface area contributed by atoms with Gasteiger partial charge in [-0.15, -0.1) is 0 Å². The van der Waals surface area contributed by atoms with E-state index in [1.165, 1.54) is 6.26 Å². The Labute approximate surface area is 155 Å². The van der Waals surface area contributed by atoms with Crippen LogP contribution in [0.3, 0.4) is 0 Å². The second-order valence-corrected chi connectivity index (χ2v) is 5.91. The van der Waals surface area contributed by atoms with Gasteiger partial charge in [0.15, 0.2) is 12.4 Å². The third kappa shape index (κ3) is 5.53. The molecule has 0 aliphatic carbocycles. The lowest BCUT2D eigenvalue weighted by molar-refractivity contribution is -0.148. The number of esters is 1. The molecule has 140 valence electrons. The largest absolute Gasteiger partial charge is 0.461 e. The summed E-state index contributed by atoms with van der Waals surface area (Å²) in [6.07, 6.45) is 1.76. The molecule has 0 radical (unpaired) electrons. The van der Waals surface area contributed by atoms with E-state index in [1.54, 1.807) is 12.1 Å². The number of nitrogens with zero attached hydrogens (tertiary/aromatic N) is 2. The molecule has 0 spiro atoms. The molecule has 1 N–H and O–H groups in total. The fourth-order valence-corrected chi connectivity index (χ4v) is 2.25. The molecule has 3 rings (SSSR count). The monoisotopic (exact) mass is 369 g/mol. The summed E-state index contributed by atoms with van der Waals surface area (Å²) < 4.78 is 15.2. The van der Waals surface area contributed by atoms with Gasteiger partial charge in [-0.1, -0.05) is 35.0 Å². The first-order valence-electron chi connectivity index (χ1n) is 8.44. The summed E-state index contributed by atoms with van der Waals surface area (Å²) in [5.74, 6) is 0.221. The number of benzene rings is 1. The molecule has 8 nitrogen and oxygen atoms in total. The molecule has 0 saturated carbocycles. The highest BCUT2D eigenvalue weighted by Gasteiger charge is 2.13. The lowest BCUT2D eigenvalue weighted by Crippen LogP contribution is -2.28. The molecule has 2 aromatic heterocycles. The maximum Gasteiger partial charge on any atom is 0.306 e. The van der Waals surface area contributed by atoms with Gasteiger partial charge in [-0.25, -0.2) is 0 Å². The van der Waals surface area contributed by atoms with Crippen molar-refractivity contribution in [3.63, 3.8) is 0 Å². The van der Waals surface area contributed by atoms with Crippen molar-refractivity contribution in [3.05, 3.63) is 59.7 Å². The fraction of sp³-hybridized carbons (Fsp3) is 0.263. The van der Waals surface area contributed by atoms with Gasteiger partial charge in [0, 0.05) is 13.0 Å². The van der Waals surface area contributed by atoms with Crippen molar-refractivity contribution in [3.8, 4) is 11.6 Å². The number of carbonyl (C=O) groups excluding carboxylic acids is 2. The Balaban J connectivity index is 1.35. The average molecular weight is 369 g/mol. The molecule has 27 heavy (non-hydrogen) atoms. The molecule has 0 saturated heterocycles. The molecule has 2 heterocycles. The number of ether oxygens (including phenoxy) is 1. The van der Waals surface area contributed by atoms with Crippen molar-refractivity contribution in [2.45, 2.75) is 26.3 Å². The van der Waals surface area contributed by atoms with Gasteiger partial charge in [0.1, 0.15) is 0 Å². The standard InChI is InChI=1S/C19H19N3O5/c1-13-4-6-14(7-5-13)11-20-16(23)12-26-18(24)9-8-17-21-19(22-27-17)15-3-2-10-25-15/h2-7,10H,8-9,11-12H2,1H3,(H,20,23). The van der Waals surface area contributed by atoms with Gasteiger partial charge in [0.25, 0.3) is 5.91 Å². The van der Waals surface area contributed by atoms with E-state index in [0.717, 1.165) is 11.1 Å². The van der Waals surface area contributed by atoms with Crippen LogP contribution in [0.25, 0.3) is 11.6 Å². The van der Waals surface area contributed by atoms with Crippen molar-refractivity contribution in [2.24, 2.45) is 0 Å². The molecule has 0 bridgehead atoms. The molecule has 0 unspecified atom stereocenters. The zero-order valence-electron chi connectivity index (χ0n) is 14.8. The molecular weight excluding hydrogens is 350 g/mol. The van der Waals surface area contributed by atoms with E-state index in [-0.39, 0.29) is 25.4 Å². The first kappa shape index (κ1) is 18.4. The van der Waals surface area contributed by atoms with E-state index < -0.39 is 5.97 Å². The van der Waals surface area contributed by atoms with E-state index >= 15 is 0 Å². The van der Waals surface area contributed by atoms with Crippen molar-refractivity contribution in [1.82, 2.24) is 15.5 Å². The third-order valence-corrected chi connectivity index (χ3v) is 3.73. The zero-order valence-corrected chi connectivity index (χ0v) is 14.8. The number of aromatic nitrogens is 2. The molecule has 1 aromatic carbocycles. The van der Waals surface area contributed by atoms with E-state index in [4.69, 9.17) is 13.7 Å². The lowest BCUT2D eigenvalue weighted by Gasteiger charge is -2.06. The highest BCUT2D eigenvalue weighted by Crippen LogP contribution is 2.16. The smallest absolute Gasteiger partial charge is 0.306 e. The number of rotatable bonds is 8. The number of hydrogen-bond donors (Lipinski definition) is 1. The predicted molar refractivity (Wildman–Crippen MR) is 94.3 cm³/mol. The molecular formula is C19H19N3O5. The Morgan fingerprint density at radius 3 is 2.74 bits per heavy atom. The summed E-state index contributed by atoms with van der Waals surface area (Å²) in [6.45, 7) is 2.05. The number of nitrogens with one attached hydrogen (secondary N) is 1. The molecule has 0 fully saturated rings. The van der Waals surface area contributed by atoms with Crippen LogP contribution in [0, 0.1) is 6.92 Å². The van der Waals surface area contributed by atoms with Gasteiger partial charge in [0.2, 0.25) is 11.7 Å². The predicted octanol–water partition coefficient (Wildman–Crippen LogP) is 2.43. The van der Waals surface area contributed by atoms with Crippen molar-refractivity contribution in [1.29, 1.82) is 0 Å². The topological polar surface area (TPSA) is 107 Å². The van der Waals surface area contributed by atoms with Gasteiger partial charge < -0.3 is 19.0 Å². The van der Waals surface area contributed by atoms with Gasteiger partial charge in [-0.3, -0.25) is 9.59 Å². The number of furan rings is 1. The number of carbonyl (C=O) groups is 2. The van der Waals surface area contributed by atoms with Gasteiger partial charge in [-0.2, -0.15) is 4.98 Å². The summed E-state index contributed by atoms with van der Waals surface area (Å²) in [6, 6.07) is 11.2. The third-order valence-electron chi connectivity index (χ3n) is 3.73. The van der Waals surface area contributed by atoms with Crippen LogP contribution in [0.15, 0.2) is 51.6 Å². The molecule has 0 aliphatic heterocycles. The van der Waals surface area contributed by atoms with Crippen LogP contribution in [0.1, 0.15) is 23.4 Å². The van der Waals surface area contributed by atoms with Crippen LogP contribution in [0.5, 0.6) is 0 Å². The second kappa shape index (κ2) is 8.79.